The molecule has 5 nitrogen and oxygen atoms in total. The average molecular weight is 327 g/mol. The lowest BCUT2D eigenvalue weighted by Crippen LogP contribution is -2.05. The maximum atomic E-state index is 12.1. The van der Waals surface area contributed by atoms with E-state index in [1.165, 1.54) is 17.7 Å². The van der Waals surface area contributed by atoms with Crippen LogP contribution in [0.4, 0.5) is 11.5 Å². The molecule has 0 atom stereocenters. The Bertz CT molecular complexity index is 873. The molecule has 0 amide bonds. The molecule has 0 saturated heterocycles. The monoisotopic (exact) mass is 327 g/mol. The Labute approximate surface area is 138 Å². The highest BCUT2D eigenvalue weighted by Gasteiger charge is 2.18. The standard InChI is InChI=1S/C17H17N3O2S/c1-4-22-17(21)12-8-23-16-14(12)15(18-9-19-16)20-13-7-10(2)5-6-11(13)3/h5-9H,4H2,1-3H3,(H,18,19,20). The smallest absolute Gasteiger partial charge is 0.339 e. The van der Waals surface area contributed by atoms with Gasteiger partial charge in [-0.25, -0.2) is 14.8 Å². The summed E-state index contributed by atoms with van der Waals surface area (Å²) in [5.74, 6) is 0.269. The largest absolute Gasteiger partial charge is 0.462 e. The minimum atomic E-state index is -0.349. The number of anilines is 2. The zero-order chi connectivity index (χ0) is 16.4. The van der Waals surface area contributed by atoms with Crippen LogP contribution in [0.5, 0.6) is 0 Å². The number of nitrogens with one attached hydrogen (secondary N) is 1. The predicted molar refractivity (Wildman–Crippen MR) is 92.6 cm³/mol. The van der Waals surface area contributed by atoms with Crippen LogP contribution in [0.3, 0.4) is 0 Å². The minimum Gasteiger partial charge on any atom is -0.462 e. The van der Waals surface area contributed by atoms with Gasteiger partial charge in [0.15, 0.2) is 0 Å². The molecule has 1 aromatic carbocycles. The number of carbonyl (C=O) groups excluding carboxylic acids is 1. The molecule has 0 bridgehead atoms. The van der Waals surface area contributed by atoms with Gasteiger partial charge in [0.2, 0.25) is 0 Å². The lowest BCUT2D eigenvalue weighted by Gasteiger charge is -2.11. The first kappa shape index (κ1) is 15.4. The number of fused-ring (bicyclic) bond motifs is 1. The van der Waals surface area contributed by atoms with Crippen LogP contribution in [0.2, 0.25) is 0 Å². The van der Waals surface area contributed by atoms with Gasteiger partial charge in [-0.1, -0.05) is 12.1 Å². The lowest BCUT2D eigenvalue weighted by molar-refractivity contribution is 0.0529. The number of benzene rings is 1. The van der Waals surface area contributed by atoms with Crippen molar-refractivity contribution in [1.82, 2.24) is 9.97 Å². The summed E-state index contributed by atoms with van der Waals surface area (Å²) in [5, 5.41) is 5.80. The summed E-state index contributed by atoms with van der Waals surface area (Å²) >= 11 is 1.41. The second kappa shape index (κ2) is 6.34. The highest BCUT2D eigenvalue weighted by Crippen LogP contribution is 2.32. The van der Waals surface area contributed by atoms with Gasteiger partial charge in [-0.2, -0.15) is 0 Å². The molecule has 3 aromatic rings. The summed E-state index contributed by atoms with van der Waals surface area (Å²) < 4.78 is 5.13. The summed E-state index contributed by atoms with van der Waals surface area (Å²) in [6, 6.07) is 6.17. The topological polar surface area (TPSA) is 64.1 Å². The van der Waals surface area contributed by atoms with Gasteiger partial charge >= 0.3 is 5.97 Å². The Balaban J connectivity index is 2.08. The Morgan fingerprint density at radius 1 is 1.30 bits per heavy atom. The maximum absolute atomic E-state index is 12.1. The van der Waals surface area contributed by atoms with Crippen LogP contribution in [0.15, 0.2) is 29.9 Å². The van der Waals surface area contributed by atoms with Gasteiger partial charge in [-0.05, 0) is 38.0 Å². The van der Waals surface area contributed by atoms with Gasteiger partial charge < -0.3 is 10.1 Å². The van der Waals surface area contributed by atoms with Gasteiger partial charge in [-0.15, -0.1) is 11.3 Å². The molecule has 0 fully saturated rings. The molecule has 0 aliphatic heterocycles. The number of nitrogens with zero attached hydrogens (tertiary/aromatic N) is 2. The SMILES string of the molecule is CCOC(=O)c1csc2ncnc(Nc3cc(C)ccc3C)c12. The van der Waals surface area contributed by atoms with E-state index in [2.05, 4.69) is 33.5 Å². The molecule has 0 aliphatic rings. The van der Waals surface area contributed by atoms with Crippen LogP contribution in [-0.4, -0.2) is 22.5 Å². The summed E-state index contributed by atoms with van der Waals surface area (Å²) in [5.41, 5.74) is 3.72. The van der Waals surface area contributed by atoms with Crippen molar-refractivity contribution in [1.29, 1.82) is 0 Å². The van der Waals surface area contributed by atoms with E-state index in [-0.39, 0.29) is 5.97 Å². The lowest BCUT2D eigenvalue weighted by atomic mass is 10.1. The Kier molecular flexibility index (Phi) is 4.25. The fourth-order valence-electron chi connectivity index (χ4n) is 2.33. The molecule has 0 unspecified atom stereocenters. The average Bonchev–Trinajstić information content (AvgIpc) is 2.96. The molecule has 2 aromatic heterocycles. The number of carbonyl (C=O) groups is 1. The van der Waals surface area contributed by atoms with Crippen LogP contribution in [0.1, 0.15) is 28.4 Å². The van der Waals surface area contributed by atoms with Crippen LogP contribution in [-0.2, 0) is 4.74 Å². The highest BCUT2D eigenvalue weighted by molar-refractivity contribution is 7.17. The van der Waals surface area contributed by atoms with E-state index >= 15 is 0 Å². The van der Waals surface area contributed by atoms with Crippen molar-refractivity contribution in [2.24, 2.45) is 0 Å². The van der Waals surface area contributed by atoms with Gasteiger partial charge in [0.25, 0.3) is 0 Å². The van der Waals surface area contributed by atoms with Crippen LogP contribution >= 0.6 is 11.3 Å². The van der Waals surface area contributed by atoms with Crippen molar-refractivity contribution in [2.45, 2.75) is 20.8 Å². The summed E-state index contributed by atoms with van der Waals surface area (Å²) in [6.45, 7) is 6.19. The number of aromatic nitrogens is 2. The third-order valence-corrected chi connectivity index (χ3v) is 4.40. The normalized spacial score (nSPS) is 10.7. The molecule has 0 saturated carbocycles. The van der Waals surface area contributed by atoms with Crippen LogP contribution in [0, 0.1) is 13.8 Å². The van der Waals surface area contributed by atoms with Crippen molar-refractivity contribution in [3.63, 3.8) is 0 Å². The van der Waals surface area contributed by atoms with Gasteiger partial charge in [-0.3, -0.25) is 0 Å². The first-order valence-electron chi connectivity index (χ1n) is 7.33. The van der Waals surface area contributed by atoms with Gasteiger partial charge in [0, 0.05) is 11.1 Å². The first-order chi connectivity index (χ1) is 11.1. The molecular weight excluding hydrogens is 310 g/mol. The van der Waals surface area contributed by atoms with E-state index in [0.717, 1.165) is 21.6 Å². The van der Waals surface area contributed by atoms with Crippen molar-refractivity contribution in [2.75, 3.05) is 11.9 Å². The first-order valence-corrected chi connectivity index (χ1v) is 8.21. The highest BCUT2D eigenvalue weighted by atomic mass is 32.1. The van der Waals surface area contributed by atoms with E-state index in [1.54, 1.807) is 12.3 Å². The van der Waals surface area contributed by atoms with Crippen LogP contribution < -0.4 is 5.32 Å². The minimum absolute atomic E-state index is 0.337. The molecule has 2 heterocycles. The summed E-state index contributed by atoms with van der Waals surface area (Å²) in [7, 11) is 0. The van der Waals surface area contributed by atoms with Crippen molar-refractivity contribution in [3.05, 3.63) is 46.6 Å². The number of aryl methyl sites for hydroxylation is 2. The van der Waals surface area contributed by atoms with Crippen molar-refractivity contribution < 1.29 is 9.53 Å². The Hall–Kier alpha value is -2.47. The molecule has 6 heteroatoms. The Morgan fingerprint density at radius 2 is 2.13 bits per heavy atom. The van der Waals surface area contributed by atoms with Gasteiger partial charge in [0.1, 0.15) is 17.0 Å². The molecule has 118 valence electrons. The van der Waals surface area contributed by atoms with Gasteiger partial charge in [0.05, 0.1) is 17.6 Å². The number of rotatable bonds is 4. The molecule has 3 rings (SSSR count). The molecular formula is C17H17N3O2S. The second-order valence-electron chi connectivity index (χ2n) is 5.22. The second-order valence-corrected chi connectivity index (χ2v) is 6.07. The van der Waals surface area contributed by atoms with E-state index in [4.69, 9.17) is 4.74 Å². The van der Waals surface area contributed by atoms with Crippen molar-refractivity contribution in [3.8, 4) is 0 Å². The molecule has 0 radical (unpaired) electrons. The van der Waals surface area contributed by atoms with Crippen molar-refractivity contribution >= 4 is 39.0 Å². The van der Waals surface area contributed by atoms with E-state index < -0.39 is 0 Å². The molecule has 0 spiro atoms. The zero-order valence-electron chi connectivity index (χ0n) is 13.2. The zero-order valence-corrected chi connectivity index (χ0v) is 14.0. The fraction of sp³-hybridized carbons (Fsp3) is 0.235. The Morgan fingerprint density at radius 3 is 2.91 bits per heavy atom. The molecule has 23 heavy (non-hydrogen) atoms. The predicted octanol–water partition coefficient (Wildman–Crippen LogP) is 4.23. The summed E-state index contributed by atoms with van der Waals surface area (Å²) in [4.78, 5) is 21.5. The number of hydrogen-bond donors (Lipinski definition) is 1. The quantitative estimate of drug-likeness (QED) is 0.727. The number of hydrogen-bond acceptors (Lipinski definition) is 6. The van der Waals surface area contributed by atoms with E-state index in [1.807, 2.05) is 13.8 Å². The maximum Gasteiger partial charge on any atom is 0.339 e. The third kappa shape index (κ3) is 3.03. The van der Waals surface area contributed by atoms with E-state index in [0.29, 0.717) is 23.4 Å². The molecule has 1 N–H and O–H groups in total. The third-order valence-electron chi connectivity index (χ3n) is 3.51. The molecule has 0 aliphatic carbocycles. The number of ether oxygens (including phenoxy) is 1. The van der Waals surface area contributed by atoms with Crippen LogP contribution in [0.25, 0.3) is 10.2 Å². The number of thiophene rings is 1. The number of esters is 1. The van der Waals surface area contributed by atoms with E-state index in [9.17, 15) is 4.79 Å². The summed E-state index contributed by atoms with van der Waals surface area (Å²) in [6.07, 6.45) is 1.50. The fourth-order valence-corrected chi connectivity index (χ4v) is 3.20.